The number of rotatable bonds is 8. The van der Waals surface area contributed by atoms with Gasteiger partial charge in [0.05, 0.1) is 25.9 Å². The first-order valence-corrected chi connectivity index (χ1v) is 10.0. The molecule has 31 heavy (non-hydrogen) atoms. The zero-order valence-corrected chi connectivity index (χ0v) is 17.2. The van der Waals surface area contributed by atoms with E-state index in [0.29, 0.717) is 13.0 Å². The SMILES string of the molecule is C=CCCOc1ccc(C2COC(/C=C/c3ccc(C(C)O)c(F)c3F)OC2)cc1F. The molecular formula is C24H25F3O4. The molecule has 0 radical (unpaired) electrons. The lowest BCUT2D eigenvalue weighted by atomic mass is 10.00. The van der Waals surface area contributed by atoms with Gasteiger partial charge in [-0.3, -0.25) is 0 Å². The topological polar surface area (TPSA) is 47.9 Å². The fraction of sp³-hybridized carbons (Fsp3) is 0.333. The molecule has 0 aromatic heterocycles. The Morgan fingerprint density at radius 3 is 2.55 bits per heavy atom. The lowest BCUT2D eigenvalue weighted by Crippen LogP contribution is -2.29. The second-order valence-electron chi connectivity index (χ2n) is 7.25. The molecule has 3 rings (SSSR count). The van der Waals surface area contributed by atoms with Gasteiger partial charge in [0.1, 0.15) is 0 Å². The minimum atomic E-state index is -1.10. The maximum Gasteiger partial charge on any atom is 0.177 e. The molecule has 0 bridgehead atoms. The molecule has 7 heteroatoms. The lowest BCUT2D eigenvalue weighted by Gasteiger charge is -2.28. The molecule has 1 aliphatic rings. The molecule has 1 heterocycles. The van der Waals surface area contributed by atoms with Crippen molar-refractivity contribution in [3.05, 3.63) is 83.2 Å². The smallest absolute Gasteiger partial charge is 0.177 e. The van der Waals surface area contributed by atoms with Crippen LogP contribution < -0.4 is 4.74 Å². The fourth-order valence-corrected chi connectivity index (χ4v) is 3.18. The van der Waals surface area contributed by atoms with Crippen LogP contribution in [-0.2, 0) is 9.47 Å². The van der Waals surface area contributed by atoms with Crippen LogP contribution in [0.3, 0.4) is 0 Å². The summed E-state index contributed by atoms with van der Waals surface area (Å²) in [6.07, 6.45) is 3.33. The Bertz CT molecular complexity index is 935. The van der Waals surface area contributed by atoms with Gasteiger partial charge < -0.3 is 19.3 Å². The Morgan fingerprint density at radius 1 is 1.16 bits per heavy atom. The number of aliphatic hydroxyl groups is 1. The Hall–Kier alpha value is -2.61. The molecule has 1 saturated heterocycles. The van der Waals surface area contributed by atoms with E-state index in [4.69, 9.17) is 14.2 Å². The van der Waals surface area contributed by atoms with Crippen LogP contribution in [0.1, 0.15) is 42.1 Å². The number of aliphatic hydroxyl groups excluding tert-OH is 1. The minimum Gasteiger partial charge on any atom is -0.490 e. The van der Waals surface area contributed by atoms with Crippen LogP contribution in [0.5, 0.6) is 5.75 Å². The second kappa shape index (κ2) is 10.6. The van der Waals surface area contributed by atoms with Gasteiger partial charge >= 0.3 is 0 Å². The van der Waals surface area contributed by atoms with Gasteiger partial charge in [0, 0.05) is 17.0 Å². The first-order valence-electron chi connectivity index (χ1n) is 10.0. The standard InChI is InChI=1S/C24H25F3O4/c1-3-4-11-29-21-9-6-17(12-20(21)25)18-13-30-22(31-14-18)10-7-16-5-8-19(15(2)28)24(27)23(16)26/h3,5-10,12,15,18,22,28H,1,4,11,13-14H2,2H3/b10-7+. The van der Waals surface area contributed by atoms with Gasteiger partial charge in [0.15, 0.2) is 29.5 Å². The van der Waals surface area contributed by atoms with Crippen LogP contribution in [0.15, 0.2) is 49.1 Å². The van der Waals surface area contributed by atoms with Crippen molar-refractivity contribution in [2.24, 2.45) is 0 Å². The average Bonchev–Trinajstić information content (AvgIpc) is 2.76. The second-order valence-corrected chi connectivity index (χ2v) is 7.25. The number of hydrogen-bond donors (Lipinski definition) is 1. The summed E-state index contributed by atoms with van der Waals surface area (Å²) < 4.78 is 59.0. The molecule has 0 aliphatic carbocycles. The normalized spacial score (nSPS) is 20.0. The number of benzene rings is 2. The van der Waals surface area contributed by atoms with Crippen molar-refractivity contribution in [1.29, 1.82) is 0 Å². The van der Waals surface area contributed by atoms with Crippen molar-refractivity contribution in [2.45, 2.75) is 31.7 Å². The van der Waals surface area contributed by atoms with Gasteiger partial charge in [-0.15, -0.1) is 6.58 Å². The van der Waals surface area contributed by atoms with E-state index in [1.807, 2.05) is 0 Å². The van der Waals surface area contributed by atoms with Crippen molar-refractivity contribution < 1.29 is 32.5 Å². The molecule has 166 valence electrons. The maximum absolute atomic E-state index is 14.2. The average molecular weight is 434 g/mol. The Balaban J connectivity index is 1.58. The third-order valence-electron chi connectivity index (χ3n) is 4.96. The highest BCUT2D eigenvalue weighted by molar-refractivity contribution is 5.51. The summed E-state index contributed by atoms with van der Waals surface area (Å²) in [5.74, 6) is -2.57. The van der Waals surface area contributed by atoms with Crippen molar-refractivity contribution in [1.82, 2.24) is 0 Å². The van der Waals surface area contributed by atoms with E-state index < -0.39 is 29.8 Å². The van der Waals surface area contributed by atoms with E-state index in [1.54, 1.807) is 18.2 Å². The van der Waals surface area contributed by atoms with E-state index in [9.17, 15) is 18.3 Å². The quantitative estimate of drug-likeness (QED) is 0.454. The van der Waals surface area contributed by atoms with Gasteiger partial charge in [-0.05, 0) is 37.1 Å². The zero-order chi connectivity index (χ0) is 22.4. The number of hydrogen-bond acceptors (Lipinski definition) is 4. The molecule has 1 N–H and O–H groups in total. The van der Waals surface area contributed by atoms with Crippen molar-refractivity contribution in [2.75, 3.05) is 19.8 Å². The largest absolute Gasteiger partial charge is 0.490 e. The van der Waals surface area contributed by atoms with Crippen LogP contribution in [0.25, 0.3) is 6.08 Å². The van der Waals surface area contributed by atoms with E-state index in [2.05, 4.69) is 6.58 Å². The monoisotopic (exact) mass is 434 g/mol. The van der Waals surface area contributed by atoms with Crippen LogP contribution in [-0.4, -0.2) is 31.2 Å². The molecule has 2 aromatic carbocycles. The molecule has 2 aromatic rings. The van der Waals surface area contributed by atoms with E-state index in [1.165, 1.54) is 37.3 Å². The summed E-state index contributed by atoms with van der Waals surface area (Å²) in [5.41, 5.74) is 0.634. The number of halogens is 3. The highest BCUT2D eigenvalue weighted by Crippen LogP contribution is 2.28. The van der Waals surface area contributed by atoms with Gasteiger partial charge in [-0.25, -0.2) is 13.2 Å². The first-order chi connectivity index (χ1) is 14.9. The molecule has 0 saturated carbocycles. The molecule has 0 spiro atoms. The van der Waals surface area contributed by atoms with Crippen LogP contribution in [0, 0.1) is 17.5 Å². The van der Waals surface area contributed by atoms with Gasteiger partial charge in [-0.2, -0.15) is 0 Å². The van der Waals surface area contributed by atoms with Crippen LogP contribution in [0.4, 0.5) is 13.2 Å². The van der Waals surface area contributed by atoms with Crippen molar-refractivity contribution in [3.8, 4) is 5.75 Å². The molecule has 4 nitrogen and oxygen atoms in total. The summed E-state index contributed by atoms with van der Waals surface area (Å²) >= 11 is 0. The summed E-state index contributed by atoms with van der Waals surface area (Å²) in [7, 11) is 0. The maximum atomic E-state index is 14.2. The predicted molar refractivity (Wildman–Crippen MR) is 111 cm³/mol. The predicted octanol–water partition coefficient (Wildman–Crippen LogP) is 5.28. The molecular weight excluding hydrogens is 409 g/mol. The van der Waals surface area contributed by atoms with Crippen LogP contribution in [0.2, 0.25) is 0 Å². The molecule has 1 aliphatic heterocycles. The Morgan fingerprint density at radius 2 is 1.90 bits per heavy atom. The van der Waals surface area contributed by atoms with E-state index in [-0.39, 0.29) is 36.0 Å². The van der Waals surface area contributed by atoms with Gasteiger partial charge in [0.2, 0.25) is 0 Å². The molecule has 1 atom stereocenters. The zero-order valence-electron chi connectivity index (χ0n) is 17.2. The Kier molecular flexibility index (Phi) is 7.90. The minimum absolute atomic E-state index is 0.0188. The molecule has 1 fully saturated rings. The highest BCUT2D eigenvalue weighted by atomic mass is 19.2. The van der Waals surface area contributed by atoms with Gasteiger partial charge in [-0.1, -0.05) is 30.4 Å². The fourth-order valence-electron chi connectivity index (χ4n) is 3.18. The first kappa shape index (κ1) is 23.1. The van der Waals surface area contributed by atoms with Crippen LogP contribution >= 0.6 is 0 Å². The van der Waals surface area contributed by atoms with Crippen molar-refractivity contribution >= 4 is 6.08 Å². The number of ether oxygens (including phenoxy) is 3. The molecule has 1 unspecified atom stereocenters. The summed E-state index contributed by atoms with van der Waals surface area (Å²) in [6.45, 7) is 5.88. The lowest BCUT2D eigenvalue weighted by molar-refractivity contribution is -0.159. The summed E-state index contributed by atoms with van der Waals surface area (Å²) in [5, 5.41) is 9.45. The summed E-state index contributed by atoms with van der Waals surface area (Å²) in [6, 6.07) is 7.46. The van der Waals surface area contributed by atoms with E-state index in [0.717, 1.165) is 5.56 Å². The molecule has 0 amide bonds. The van der Waals surface area contributed by atoms with Gasteiger partial charge in [0.25, 0.3) is 0 Å². The van der Waals surface area contributed by atoms with Crippen molar-refractivity contribution in [3.63, 3.8) is 0 Å². The third kappa shape index (κ3) is 5.76. The highest BCUT2D eigenvalue weighted by Gasteiger charge is 2.23. The summed E-state index contributed by atoms with van der Waals surface area (Å²) in [4.78, 5) is 0. The third-order valence-corrected chi connectivity index (χ3v) is 4.96. The Labute approximate surface area is 179 Å². The van der Waals surface area contributed by atoms with E-state index >= 15 is 0 Å².